The minimum absolute atomic E-state index is 0.442. The second kappa shape index (κ2) is 5.82. The van der Waals surface area contributed by atoms with Gasteiger partial charge in [-0.25, -0.2) is 15.0 Å². The molecule has 0 aliphatic carbocycles. The lowest BCUT2D eigenvalue weighted by Gasteiger charge is -2.10. The Balaban J connectivity index is 2.52. The summed E-state index contributed by atoms with van der Waals surface area (Å²) in [5.74, 6) is 0.512. The van der Waals surface area contributed by atoms with Gasteiger partial charge in [-0.05, 0) is 38.4 Å². The highest BCUT2D eigenvalue weighted by Gasteiger charge is 2.13. The summed E-state index contributed by atoms with van der Waals surface area (Å²) < 4.78 is 0. The number of nitrogens with zero attached hydrogens (tertiary/aromatic N) is 3. The Morgan fingerprint density at radius 1 is 1.16 bits per heavy atom. The first-order valence-electron chi connectivity index (χ1n) is 5.88. The lowest BCUT2D eigenvalue weighted by molar-refractivity contribution is 0.896. The lowest BCUT2D eigenvalue weighted by atomic mass is 10.1. The van der Waals surface area contributed by atoms with Crippen molar-refractivity contribution in [3.8, 4) is 11.5 Å². The summed E-state index contributed by atoms with van der Waals surface area (Å²) in [5, 5.41) is 0.930. The molecule has 0 aromatic carbocycles. The van der Waals surface area contributed by atoms with Crippen molar-refractivity contribution in [1.82, 2.24) is 15.0 Å². The Bertz CT molecular complexity index is 591. The fourth-order valence-electron chi connectivity index (χ4n) is 1.93. The molecule has 19 heavy (non-hydrogen) atoms. The van der Waals surface area contributed by atoms with Crippen molar-refractivity contribution in [1.29, 1.82) is 0 Å². The summed E-state index contributed by atoms with van der Waals surface area (Å²) in [5.41, 5.74) is 9.01. The van der Waals surface area contributed by atoms with Crippen LogP contribution in [0.3, 0.4) is 0 Å². The molecular formula is C13H14Cl2N4. The molecule has 0 unspecified atom stereocenters. The summed E-state index contributed by atoms with van der Waals surface area (Å²) >= 11 is 12.0. The van der Waals surface area contributed by atoms with E-state index in [1.165, 1.54) is 6.20 Å². The highest BCUT2D eigenvalue weighted by atomic mass is 35.5. The zero-order chi connectivity index (χ0) is 14.0. The van der Waals surface area contributed by atoms with E-state index in [2.05, 4.69) is 15.0 Å². The fourth-order valence-corrected chi connectivity index (χ4v) is 2.40. The smallest absolute Gasteiger partial charge is 0.180 e. The molecule has 0 aliphatic rings. The summed E-state index contributed by atoms with van der Waals surface area (Å²) in [6, 6.07) is 1.63. The molecule has 0 saturated carbocycles. The molecule has 2 N–H and O–H groups in total. The number of nitrogens with two attached hydrogens (primary N) is 1. The lowest BCUT2D eigenvalue weighted by Crippen LogP contribution is -2.09. The number of halogens is 2. The van der Waals surface area contributed by atoms with Crippen LogP contribution in [0.4, 0.5) is 0 Å². The molecule has 0 atom stereocenters. The normalized spacial score (nSPS) is 10.8. The van der Waals surface area contributed by atoms with Gasteiger partial charge >= 0.3 is 0 Å². The number of rotatable bonds is 3. The highest BCUT2D eigenvalue weighted by molar-refractivity contribution is 6.35. The van der Waals surface area contributed by atoms with Crippen molar-refractivity contribution >= 4 is 23.2 Å². The average Bonchev–Trinajstić information content (AvgIpc) is 2.33. The van der Waals surface area contributed by atoms with Gasteiger partial charge in [0.25, 0.3) is 0 Å². The first-order chi connectivity index (χ1) is 9.02. The van der Waals surface area contributed by atoms with Crippen LogP contribution < -0.4 is 5.73 Å². The molecule has 0 aliphatic heterocycles. The number of aromatic nitrogens is 3. The number of hydrogen-bond donors (Lipinski definition) is 1. The zero-order valence-corrected chi connectivity index (χ0v) is 12.3. The van der Waals surface area contributed by atoms with Gasteiger partial charge in [0.1, 0.15) is 5.69 Å². The number of pyridine rings is 1. The molecule has 2 aromatic rings. The zero-order valence-electron chi connectivity index (χ0n) is 10.7. The van der Waals surface area contributed by atoms with Crippen LogP contribution in [0.2, 0.25) is 10.0 Å². The van der Waals surface area contributed by atoms with E-state index in [0.717, 1.165) is 23.4 Å². The topological polar surface area (TPSA) is 64.7 Å². The molecule has 100 valence electrons. The van der Waals surface area contributed by atoms with Crippen LogP contribution in [0.1, 0.15) is 17.0 Å². The van der Waals surface area contributed by atoms with E-state index in [9.17, 15) is 0 Å². The van der Waals surface area contributed by atoms with E-state index in [4.69, 9.17) is 28.9 Å². The maximum absolute atomic E-state index is 6.12. The van der Waals surface area contributed by atoms with Gasteiger partial charge in [-0.1, -0.05) is 23.2 Å². The summed E-state index contributed by atoms with van der Waals surface area (Å²) in [6.45, 7) is 4.45. The summed E-state index contributed by atoms with van der Waals surface area (Å²) in [7, 11) is 0. The van der Waals surface area contributed by atoms with Crippen LogP contribution in [-0.2, 0) is 6.42 Å². The summed E-state index contributed by atoms with van der Waals surface area (Å²) in [6.07, 6.45) is 2.30. The predicted molar refractivity (Wildman–Crippen MR) is 77.5 cm³/mol. The molecule has 2 heterocycles. The van der Waals surface area contributed by atoms with E-state index >= 15 is 0 Å². The standard InChI is InChI=1S/C13H14Cl2N4/c1-7-10(3-4-16)8(2)19-13(18-7)12-11(15)5-9(14)6-17-12/h5-6H,3-4,16H2,1-2H3. The van der Waals surface area contributed by atoms with Crippen LogP contribution in [0.25, 0.3) is 11.5 Å². The Morgan fingerprint density at radius 2 is 1.79 bits per heavy atom. The van der Waals surface area contributed by atoms with Crippen LogP contribution in [0.5, 0.6) is 0 Å². The third-order valence-electron chi connectivity index (χ3n) is 2.83. The van der Waals surface area contributed by atoms with Crippen molar-refractivity contribution in [2.24, 2.45) is 5.73 Å². The van der Waals surface area contributed by atoms with Gasteiger partial charge in [0.15, 0.2) is 5.82 Å². The Hall–Kier alpha value is -1.23. The van der Waals surface area contributed by atoms with E-state index in [1.807, 2.05) is 13.8 Å². The number of aryl methyl sites for hydroxylation is 2. The van der Waals surface area contributed by atoms with E-state index in [1.54, 1.807) is 6.07 Å². The monoisotopic (exact) mass is 296 g/mol. The minimum Gasteiger partial charge on any atom is -0.330 e. The molecule has 4 nitrogen and oxygen atoms in total. The van der Waals surface area contributed by atoms with Crippen molar-refractivity contribution in [2.45, 2.75) is 20.3 Å². The SMILES string of the molecule is Cc1nc(-c2ncc(Cl)cc2Cl)nc(C)c1CCN. The van der Waals surface area contributed by atoms with Crippen LogP contribution in [-0.4, -0.2) is 21.5 Å². The number of hydrogen-bond acceptors (Lipinski definition) is 4. The largest absolute Gasteiger partial charge is 0.330 e. The molecule has 0 saturated heterocycles. The third-order valence-corrected chi connectivity index (χ3v) is 3.33. The van der Waals surface area contributed by atoms with Gasteiger partial charge in [-0.2, -0.15) is 0 Å². The predicted octanol–water partition coefficient (Wildman–Crippen LogP) is 2.96. The summed E-state index contributed by atoms with van der Waals surface area (Å²) in [4.78, 5) is 13.1. The van der Waals surface area contributed by atoms with Crippen molar-refractivity contribution in [3.63, 3.8) is 0 Å². The molecule has 6 heteroatoms. The van der Waals surface area contributed by atoms with Gasteiger partial charge in [0.05, 0.1) is 10.0 Å². The second-order valence-electron chi connectivity index (χ2n) is 4.22. The minimum atomic E-state index is 0.442. The van der Waals surface area contributed by atoms with Gasteiger partial charge in [-0.3, -0.25) is 0 Å². The Morgan fingerprint density at radius 3 is 2.32 bits per heavy atom. The van der Waals surface area contributed by atoms with Gasteiger partial charge < -0.3 is 5.73 Å². The fraction of sp³-hybridized carbons (Fsp3) is 0.308. The molecule has 0 radical (unpaired) electrons. The molecule has 0 amide bonds. The van der Waals surface area contributed by atoms with Crippen molar-refractivity contribution in [3.05, 3.63) is 39.3 Å². The maximum Gasteiger partial charge on any atom is 0.180 e. The first kappa shape index (κ1) is 14.2. The molecular weight excluding hydrogens is 283 g/mol. The van der Waals surface area contributed by atoms with Gasteiger partial charge in [-0.15, -0.1) is 0 Å². The second-order valence-corrected chi connectivity index (χ2v) is 5.06. The third kappa shape index (κ3) is 3.03. The highest BCUT2D eigenvalue weighted by Crippen LogP contribution is 2.26. The molecule has 2 rings (SSSR count). The van der Waals surface area contributed by atoms with Crippen LogP contribution in [0.15, 0.2) is 12.3 Å². The van der Waals surface area contributed by atoms with E-state index in [-0.39, 0.29) is 0 Å². The van der Waals surface area contributed by atoms with E-state index < -0.39 is 0 Å². The van der Waals surface area contributed by atoms with Crippen LogP contribution >= 0.6 is 23.2 Å². The van der Waals surface area contributed by atoms with E-state index in [0.29, 0.717) is 28.1 Å². The molecule has 0 fully saturated rings. The van der Waals surface area contributed by atoms with Gasteiger partial charge in [0, 0.05) is 17.6 Å². The molecule has 2 aromatic heterocycles. The Kier molecular flexibility index (Phi) is 4.34. The molecule has 0 bridgehead atoms. The average molecular weight is 297 g/mol. The maximum atomic E-state index is 6.12. The quantitative estimate of drug-likeness (QED) is 0.946. The van der Waals surface area contributed by atoms with Gasteiger partial charge in [0.2, 0.25) is 0 Å². The van der Waals surface area contributed by atoms with Crippen molar-refractivity contribution < 1.29 is 0 Å². The van der Waals surface area contributed by atoms with Crippen molar-refractivity contribution in [2.75, 3.05) is 6.54 Å². The van der Waals surface area contributed by atoms with Crippen LogP contribution in [0, 0.1) is 13.8 Å². The first-order valence-corrected chi connectivity index (χ1v) is 6.64. The molecule has 0 spiro atoms. The Labute approximate surface area is 122 Å².